The van der Waals surface area contributed by atoms with Gasteiger partial charge in [-0.2, -0.15) is 0 Å². The van der Waals surface area contributed by atoms with Gasteiger partial charge < -0.3 is 10.1 Å². The summed E-state index contributed by atoms with van der Waals surface area (Å²) in [6.07, 6.45) is 6.06. The highest BCUT2D eigenvalue weighted by atomic mass is 16.5. The molecule has 0 aromatic rings. The lowest BCUT2D eigenvalue weighted by Crippen LogP contribution is -2.52. The fourth-order valence-electron chi connectivity index (χ4n) is 2.91. The van der Waals surface area contributed by atoms with E-state index in [-0.39, 0.29) is 0 Å². The standard InChI is InChI=1S/C13H26N2O/c1-3-4-12-9-15(8-7-14-12)10-13-6-5-11(2)16-13/h11-14H,3-10H2,1-2H3. The van der Waals surface area contributed by atoms with E-state index < -0.39 is 0 Å². The molecule has 0 amide bonds. The zero-order chi connectivity index (χ0) is 11.4. The molecule has 2 fully saturated rings. The second kappa shape index (κ2) is 5.99. The maximum absolute atomic E-state index is 5.90. The Bertz CT molecular complexity index is 208. The second-order valence-electron chi connectivity index (χ2n) is 5.35. The van der Waals surface area contributed by atoms with Gasteiger partial charge in [0, 0.05) is 32.2 Å². The number of ether oxygens (including phenoxy) is 1. The van der Waals surface area contributed by atoms with Crippen LogP contribution in [0, 0.1) is 0 Å². The van der Waals surface area contributed by atoms with Gasteiger partial charge in [0.25, 0.3) is 0 Å². The lowest BCUT2D eigenvalue weighted by molar-refractivity contribution is 0.0250. The smallest absolute Gasteiger partial charge is 0.0706 e. The Labute approximate surface area is 99.5 Å². The van der Waals surface area contributed by atoms with Crippen LogP contribution in [0.3, 0.4) is 0 Å². The topological polar surface area (TPSA) is 24.5 Å². The van der Waals surface area contributed by atoms with Crippen molar-refractivity contribution in [3.05, 3.63) is 0 Å². The van der Waals surface area contributed by atoms with Crippen LogP contribution in [-0.4, -0.2) is 49.3 Å². The van der Waals surface area contributed by atoms with E-state index >= 15 is 0 Å². The summed E-state index contributed by atoms with van der Waals surface area (Å²) >= 11 is 0. The first-order valence-electron chi connectivity index (χ1n) is 6.89. The number of nitrogens with one attached hydrogen (secondary N) is 1. The minimum absolute atomic E-state index is 0.486. The van der Waals surface area contributed by atoms with Crippen molar-refractivity contribution in [3.8, 4) is 0 Å². The van der Waals surface area contributed by atoms with Crippen molar-refractivity contribution < 1.29 is 4.74 Å². The molecule has 0 spiro atoms. The van der Waals surface area contributed by atoms with Crippen molar-refractivity contribution in [2.75, 3.05) is 26.2 Å². The molecule has 0 aromatic heterocycles. The van der Waals surface area contributed by atoms with Gasteiger partial charge in [0.2, 0.25) is 0 Å². The van der Waals surface area contributed by atoms with Crippen LogP contribution in [0.25, 0.3) is 0 Å². The molecule has 94 valence electrons. The van der Waals surface area contributed by atoms with Gasteiger partial charge in [-0.25, -0.2) is 0 Å². The largest absolute Gasteiger partial charge is 0.374 e. The van der Waals surface area contributed by atoms with Gasteiger partial charge in [0.15, 0.2) is 0 Å². The van der Waals surface area contributed by atoms with Crippen molar-refractivity contribution in [1.29, 1.82) is 0 Å². The summed E-state index contributed by atoms with van der Waals surface area (Å²) in [5.74, 6) is 0. The fraction of sp³-hybridized carbons (Fsp3) is 1.00. The van der Waals surface area contributed by atoms with Gasteiger partial charge in [0.05, 0.1) is 12.2 Å². The van der Waals surface area contributed by atoms with E-state index in [1.807, 2.05) is 0 Å². The van der Waals surface area contributed by atoms with Crippen LogP contribution < -0.4 is 5.32 Å². The molecule has 3 heteroatoms. The molecule has 2 rings (SSSR count). The molecule has 2 saturated heterocycles. The third kappa shape index (κ3) is 3.44. The summed E-state index contributed by atoms with van der Waals surface area (Å²) in [5, 5.41) is 3.60. The van der Waals surface area contributed by atoms with Gasteiger partial charge in [-0.1, -0.05) is 13.3 Å². The van der Waals surface area contributed by atoms with Crippen LogP contribution >= 0.6 is 0 Å². The summed E-state index contributed by atoms with van der Waals surface area (Å²) in [6, 6.07) is 0.706. The van der Waals surface area contributed by atoms with Crippen LogP contribution in [0.5, 0.6) is 0 Å². The van der Waals surface area contributed by atoms with Gasteiger partial charge in [0.1, 0.15) is 0 Å². The molecule has 0 radical (unpaired) electrons. The van der Waals surface area contributed by atoms with Crippen LogP contribution in [-0.2, 0) is 4.74 Å². The number of hydrogen-bond donors (Lipinski definition) is 1. The third-order valence-corrected chi connectivity index (χ3v) is 3.76. The van der Waals surface area contributed by atoms with E-state index in [1.165, 1.54) is 38.8 Å². The molecule has 0 aromatic carbocycles. The van der Waals surface area contributed by atoms with Crippen LogP contribution in [0.1, 0.15) is 39.5 Å². The minimum atomic E-state index is 0.486. The Morgan fingerprint density at radius 3 is 2.94 bits per heavy atom. The number of hydrogen-bond acceptors (Lipinski definition) is 3. The lowest BCUT2D eigenvalue weighted by Gasteiger charge is -2.34. The Kier molecular flexibility index (Phi) is 4.62. The van der Waals surface area contributed by atoms with Crippen molar-refractivity contribution >= 4 is 0 Å². The van der Waals surface area contributed by atoms with E-state index in [9.17, 15) is 0 Å². The zero-order valence-corrected chi connectivity index (χ0v) is 10.7. The van der Waals surface area contributed by atoms with Crippen LogP contribution in [0.2, 0.25) is 0 Å². The molecule has 1 N–H and O–H groups in total. The molecular weight excluding hydrogens is 200 g/mol. The first-order chi connectivity index (χ1) is 7.78. The molecule has 0 saturated carbocycles. The van der Waals surface area contributed by atoms with E-state index in [4.69, 9.17) is 4.74 Å². The summed E-state index contributed by atoms with van der Waals surface area (Å²) < 4.78 is 5.90. The molecular formula is C13H26N2O. The average molecular weight is 226 g/mol. The number of nitrogens with zero attached hydrogens (tertiary/aromatic N) is 1. The molecule has 3 atom stereocenters. The SMILES string of the molecule is CCCC1CN(CC2CCC(C)O2)CCN1. The van der Waals surface area contributed by atoms with E-state index in [0.717, 1.165) is 13.1 Å². The lowest BCUT2D eigenvalue weighted by atomic mass is 10.1. The average Bonchev–Trinajstić information content (AvgIpc) is 2.65. The van der Waals surface area contributed by atoms with E-state index in [0.29, 0.717) is 18.2 Å². The number of piperazine rings is 1. The minimum Gasteiger partial charge on any atom is -0.374 e. The highest BCUT2D eigenvalue weighted by Crippen LogP contribution is 2.20. The summed E-state index contributed by atoms with van der Waals surface area (Å²) in [7, 11) is 0. The molecule has 16 heavy (non-hydrogen) atoms. The maximum Gasteiger partial charge on any atom is 0.0706 e. The highest BCUT2D eigenvalue weighted by molar-refractivity contribution is 4.81. The zero-order valence-electron chi connectivity index (χ0n) is 10.7. The van der Waals surface area contributed by atoms with Crippen molar-refractivity contribution in [2.45, 2.75) is 57.8 Å². The van der Waals surface area contributed by atoms with Gasteiger partial charge >= 0.3 is 0 Å². The van der Waals surface area contributed by atoms with Crippen molar-refractivity contribution in [3.63, 3.8) is 0 Å². The second-order valence-corrected chi connectivity index (χ2v) is 5.35. The van der Waals surface area contributed by atoms with E-state index in [2.05, 4.69) is 24.1 Å². The summed E-state index contributed by atoms with van der Waals surface area (Å²) in [6.45, 7) is 9.15. The molecule has 2 heterocycles. The quantitative estimate of drug-likeness (QED) is 0.788. The first kappa shape index (κ1) is 12.3. The number of rotatable bonds is 4. The van der Waals surface area contributed by atoms with Gasteiger partial charge in [-0.05, 0) is 26.2 Å². The summed E-state index contributed by atoms with van der Waals surface area (Å²) in [5.41, 5.74) is 0. The van der Waals surface area contributed by atoms with E-state index in [1.54, 1.807) is 0 Å². The maximum atomic E-state index is 5.90. The Balaban J connectivity index is 1.72. The highest BCUT2D eigenvalue weighted by Gasteiger charge is 2.26. The molecule has 0 aliphatic carbocycles. The normalized spacial score (nSPS) is 36.8. The molecule has 0 bridgehead atoms. The van der Waals surface area contributed by atoms with Crippen LogP contribution in [0.15, 0.2) is 0 Å². The molecule has 2 aliphatic rings. The Hall–Kier alpha value is -0.120. The first-order valence-corrected chi connectivity index (χ1v) is 6.89. The fourth-order valence-corrected chi connectivity index (χ4v) is 2.91. The third-order valence-electron chi connectivity index (χ3n) is 3.76. The van der Waals surface area contributed by atoms with Crippen molar-refractivity contribution in [2.24, 2.45) is 0 Å². The predicted octanol–water partition coefficient (Wildman–Crippen LogP) is 1.63. The Morgan fingerprint density at radius 2 is 2.25 bits per heavy atom. The molecule has 2 aliphatic heterocycles. The van der Waals surface area contributed by atoms with Crippen LogP contribution in [0.4, 0.5) is 0 Å². The molecule has 3 unspecified atom stereocenters. The Morgan fingerprint density at radius 1 is 1.38 bits per heavy atom. The molecule has 3 nitrogen and oxygen atoms in total. The summed E-state index contributed by atoms with van der Waals surface area (Å²) in [4.78, 5) is 2.58. The van der Waals surface area contributed by atoms with Gasteiger partial charge in [-0.15, -0.1) is 0 Å². The van der Waals surface area contributed by atoms with Crippen molar-refractivity contribution in [1.82, 2.24) is 10.2 Å². The van der Waals surface area contributed by atoms with Gasteiger partial charge in [-0.3, -0.25) is 4.90 Å². The predicted molar refractivity (Wildman–Crippen MR) is 66.7 cm³/mol. The monoisotopic (exact) mass is 226 g/mol.